The van der Waals surface area contributed by atoms with Crippen LogP contribution in [0.25, 0.3) is 0 Å². The topological polar surface area (TPSA) is 48.5 Å². The maximum Gasteiger partial charge on any atom is 0.274 e. The van der Waals surface area contributed by atoms with Crippen LogP contribution in [0, 0.1) is 5.82 Å². The number of likely N-dealkylation sites (N-methyl/N-ethyl adjacent to an activating group) is 1. The fraction of sp³-hybridized carbons (Fsp3) is 0.333. The van der Waals surface area contributed by atoms with Gasteiger partial charge in [0.2, 0.25) is 0 Å². The van der Waals surface area contributed by atoms with Gasteiger partial charge in [0.25, 0.3) is 5.91 Å². The molecule has 0 atom stereocenters. The number of hydrogen-bond acceptors (Lipinski definition) is 4. The lowest BCUT2D eigenvalue weighted by atomic mass is 10.2. The van der Waals surface area contributed by atoms with Crippen molar-refractivity contribution in [3.63, 3.8) is 0 Å². The molecule has 1 aromatic carbocycles. The molecule has 2 aromatic rings. The van der Waals surface area contributed by atoms with Gasteiger partial charge in [0, 0.05) is 26.2 Å². The standard InChI is InChI=1S/C18H21FN4O/c1-2-22-9-11-23(12-10-22)14-7-8-17(20-13-14)18(24)21-16-6-4-3-5-15(16)19/h3-8,13H,2,9-12H2,1H3,(H,21,24). The van der Waals surface area contributed by atoms with Crippen LogP contribution in [-0.2, 0) is 0 Å². The first-order valence-electron chi connectivity index (χ1n) is 8.16. The van der Waals surface area contributed by atoms with Gasteiger partial charge in [-0.25, -0.2) is 9.37 Å². The van der Waals surface area contributed by atoms with Crippen LogP contribution in [0.5, 0.6) is 0 Å². The molecule has 126 valence electrons. The zero-order valence-corrected chi connectivity index (χ0v) is 13.7. The predicted molar refractivity (Wildman–Crippen MR) is 92.9 cm³/mol. The molecule has 0 radical (unpaired) electrons. The van der Waals surface area contributed by atoms with E-state index in [2.05, 4.69) is 27.0 Å². The van der Waals surface area contributed by atoms with Crippen molar-refractivity contribution >= 4 is 17.3 Å². The Bertz CT molecular complexity index is 696. The van der Waals surface area contributed by atoms with Crippen LogP contribution >= 0.6 is 0 Å². The number of benzene rings is 1. The quantitative estimate of drug-likeness (QED) is 0.937. The number of halogens is 1. The van der Waals surface area contributed by atoms with Crippen molar-refractivity contribution < 1.29 is 9.18 Å². The average Bonchev–Trinajstić information content (AvgIpc) is 2.64. The van der Waals surface area contributed by atoms with Crippen LogP contribution in [0.15, 0.2) is 42.6 Å². The third-order valence-corrected chi connectivity index (χ3v) is 4.29. The molecule has 0 bridgehead atoms. The Morgan fingerprint density at radius 2 is 1.92 bits per heavy atom. The number of piperazine rings is 1. The van der Waals surface area contributed by atoms with Gasteiger partial charge in [-0.05, 0) is 30.8 Å². The molecular weight excluding hydrogens is 307 g/mol. The van der Waals surface area contributed by atoms with Gasteiger partial charge in [-0.2, -0.15) is 0 Å². The summed E-state index contributed by atoms with van der Waals surface area (Å²) in [4.78, 5) is 21.1. The van der Waals surface area contributed by atoms with E-state index in [9.17, 15) is 9.18 Å². The number of nitrogens with one attached hydrogen (secondary N) is 1. The second-order valence-corrected chi connectivity index (χ2v) is 5.76. The number of carbonyl (C=O) groups excluding carboxylic acids is 1. The number of para-hydroxylation sites is 1. The van der Waals surface area contributed by atoms with Crippen LogP contribution < -0.4 is 10.2 Å². The van der Waals surface area contributed by atoms with Crippen molar-refractivity contribution in [3.05, 3.63) is 54.1 Å². The van der Waals surface area contributed by atoms with Crippen LogP contribution in [0.2, 0.25) is 0 Å². The number of pyridine rings is 1. The van der Waals surface area contributed by atoms with E-state index < -0.39 is 11.7 Å². The van der Waals surface area contributed by atoms with E-state index >= 15 is 0 Å². The van der Waals surface area contributed by atoms with Gasteiger partial charge >= 0.3 is 0 Å². The summed E-state index contributed by atoms with van der Waals surface area (Å²) in [7, 11) is 0. The first kappa shape index (κ1) is 16.4. The van der Waals surface area contributed by atoms with Crippen LogP contribution in [0.3, 0.4) is 0 Å². The number of rotatable bonds is 4. The molecule has 0 unspecified atom stereocenters. The Morgan fingerprint density at radius 1 is 1.17 bits per heavy atom. The molecule has 1 aliphatic rings. The number of anilines is 2. The summed E-state index contributed by atoms with van der Waals surface area (Å²) in [6.07, 6.45) is 1.71. The van der Waals surface area contributed by atoms with Crippen LogP contribution in [-0.4, -0.2) is 48.5 Å². The molecule has 24 heavy (non-hydrogen) atoms. The first-order valence-corrected chi connectivity index (χ1v) is 8.16. The van der Waals surface area contributed by atoms with Gasteiger partial charge in [0.15, 0.2) is 0 Å². The summed E-state index contributed by atoms with van der Waals surface area (Å²) < 4.78 is 13.6. The molecule has 0 spiro atoms. The van der Waals surface area contributed by atoms with E-state index in [1.807, 2.05) is 6.07 Å². The number of carbonyl (C=O) groups is 1. The monoisotopic (exact) mass is 328 g/mol. The minimum absolute atomic E-state index is 0.157. The highest BCUT2D eigenvalue weighted by Gasteiger charge is 2.17. The zero-order valence-electron chi connectivity index (χ0n) is 13.7. The lowest BCUT2D eigenvalue weighted by Crippen LogP contribution is -2.46. The minimum Gasteiger partial charge on any atom is -0.368 e. The zero-order chi connectivity index (χ0) is 16.9. The average molecular weight is 328 g/mol. The Hall–Kier alpha value is -2.47. The first-order chi connectivity index (χ1) is 11.7. The maximum absolute atomic E-state index is 13.6. The molecule has 0 aliphatic carbocycles. The maximum atomic E-state index is 13.6. The normalized spacial score (nSPS) is 15.3. The van der Waals surface area contributed by atoms with E-state index in [4.69, 9.17) is 0 Å². The van der Waals surface area contributed by atoms with Gasteiger partial charge in [0.1, 0.15) is 11.5 Å². The Balaban J connectivity index is 1.64. The van der Waals surface area contributed by atoms with Gasteiger partial charge in [-0.15, -0.1) is 0 Å². The smallest absolute Gasteiger partial charge is 0.274 e. The summed E-state index contributed by atoms with van der Waals surface area (Å²) in [6.45, 7) is 7.21. The highest BCUT2D eigenvalue weighted by Crippen LogP contribution is 2.17. The number of nitrogens with zero attached hydrogens (tertiary/aromatic N) is 3. The van der Waals surface area contributed by atoms with Crippen molar-refractivity contribution in [3.8, 4) is 0 Å². The summed E-state index contributed by atoms with van der Waals surface area (Å²) in [6, 6.07) is 9.65. The van der Waals surface area contributed by atoms with E-state index in [1.54, 1.807) is 24.4 Å². The molecule has 6 heteroatoms. The molecule has 1 aromatic heterocycles. The van der Waals surface area contributed by atoms with Crippen molar-refractivity contribution in [2.45, 2.75) is 6.92 Å². The summed E-state index contributed by atoms with van der Waals surface area (Å²) in [5.74, 6) is -0.876. The summed E-state index contributed by atoms with van der Waals surface area (Å²) in [5.41, 5.74) is 1.44. The van der Waals surface area contributed by atoms with E-state index in [0.717, 1.165) is 38.4 Å². The van der Waals surface area contributed by atoms with Crippen molar-refractivity contribution in [2.24, 2.45) is 0 Å². The highest BCUT2D eigenvalue weighted by atomic mass is 19.1. The Labute approximate surface area is 141 Å². The molecular formula is C18H21FN4O. The van der Waals surface area contributed by atoms with Gasteiger partial charge in [-0.1, -0.05) is 19.1 Å². The molecule has 1 amide bonds. The third-order valence-electron chi connectivity index (χ3n) is 4.29. The number of aromatic nitrogens is 1. The number of hydrogen-bond donors (Lipinski definition) is 1. The molecule has 1 saturated heterocycles. The van der Waals surface area contributed by atoms with Gasteiger partial charge < -0.3 is 15.1 Å². The van der Waals surface area contributed by atoms with Crippen molar-refractivity contribution in [2.75, 3.05) is 42.9 Å². The van der Waals surface area contributed by atoms with Crippen LogP contribution in [0.4, 0.5) is 15.8 Å². The lowest BCUT2D eigenvalue weighted by molar-refractivity contribution is 0.102. The lowest BCUT2D eigenvalue weighted by Gasteiger charge is -2.35. The predicted octanol–water partition coefficient (Wildman–Crippen LogP) is 2.61. The molecule has 5 nitrogen and oxygen atoms in total. The molecule has 1 N–H and O–H groups in total. The van der Waals surface area contributed by atoms with Crippen molar-refractivity contribution in [1.29, 1.82) is 0 Å². The molecule has 1 aliphatic heterocycles. The van der Waals surface area contributed by atoms with Gasteiger partial charge in [-0.3, -0.25) is 4.79 Å². The molecule has 3 rings (SSSR count). The molecule has 0 saturated carbocycles. The van der Waals surface area contributed by atoms with E-state index in [-0.39, 0.29) is 11.4 Å². The molecule has 2 heterocycles. The minimum atomic E-state index is -0.462. The molecule has 1 fully saturated rings. The largest absolute Gasteiger partial charge is 0.368 e. The second-order valence-electron chi connectivity index (χ2n) is 5.76. The van der Waals surface area contributed by atoms with E-state index in [1.165, 1.54) is 12.1 Å². The Kier molecular flexibility index (Phi) is 5.05. The fourth-order valence-corrected chi connectivity index (χ4v) is 2.78. The highest BCUT2D eigenvalue weighted by molar-refractivity contribution is 6.03. The fourth-order valence-electron chi connectivity index (χ4n) is 2.78. The SMILES string of the molecule is CCN1CCN(c2ccc(C(=O)Nc3ccccc3F)nc2)CC1. The van der Waals surface area contributed by atoms with E-state index in [0.29, 0.717) is 0 Å². The number of amides is 1. The second kappa shape index (κ2) is 7.40. The van der Waals surface area contributed by atoms with Crippen LogP contribution in [0.1, 0.15) is 17.4 Å². The third kappa shape index (κ3) is 3.71. The van der Waals surface area contributed by atoms with Crippen molar-refractivity contribution in [1.82, 2.24) is 9.88 Å². The summed E-state index contributed by atoms with van der Waals surface area (Å²) in [5, 5.41) is 2.54. The Morgan fingerprint density at radius 3 is 2.54 bits per heavy atom. The van der Waals surface area contributed by atoms with Gasteiger partial charge in [0.05, 0.1) is 17.6 Å². The summed E-state index contributed by atoms with van der Waals surface area (Å²) >= 11 is 0.